The van der Waals surface area contributed by atoms with E-state index >= 15 is 0 Å². The summed E-state index contributed by atoms with van der Waals surface area (Å²) in [5.41, 5.74) is 0.687. The van der Waals surface area contributed by atoms with Crippen LogP contribution in [0.4, 0.5) is 0 Å². The molecule has 0 saturated heterocycles. The Hall–Kier alpha value is -1.29. The molecule has 0 spiro atoms. The minimum atomic E-state index is -0.184. The molecule has 0 aliphatic carbocycles. The zero-order valence-electron chi connectivity index (χ0n) is 11.5. The van der Waals surface area contributed by atoms with Crippen LogP contribution in [0.3, 0.4) is 0 Å². The molecule has 4 heteroatoms. The smallest absolute Gasteiger partial charge is 0.316 e. The summed E-state index contributed by atoms with van der Waals surface area (Å²) in [6.07, 6.45) is 3.14. The fraction of sp³-hybridized carbons (Fsp3) is 0.467. The first-order valence-corrected chi connectivity index (χ1v) is 7.51. The van der Waals surface area contributed by atoms with E-state index in [1.54, 1.807) is 12.1 Å². The third kappa shape index (κ3) is 6.43. The van der Waals surface area contributed by atoms with Crippen molar-refractivity contribution in [2.24, 2.45) is 0 Å². The van der Waals surface area contributed by atoms with E-state index < -0.39 is 0 Å². The van der Waals surface area contributed by atoms with Crippen LogP contribution in [0, 0.1) is 0 Å². The molecule has 0 fully saturated rings. The topological polar surface area (TPSA) is 43.4 Å². The van der Waals surface area contributed by atoms with Gasteiger partial charge >= 0.3 is 5.97 Å². The van der Waals surface area contributed by atoms with Crippen LogP contribution in [-0.2, 0) is 9.53 Å². The Morgan fingerprint density at radius 2 is 1.84 bits per heavy atom. The highest BCUT2D eigenvalue weighted by atomic mass is 32.2. The predicted molar refractivity (Wildman–Crippen MR) is 77.7 cm³/mol. The second-order valence-electron chi connectivity index (χ2n) is 4.30. The standard InChI is InChI=1S/C15H20O3S/c1-3-4-5-10-18-15(17)11-19-14-8-6-13(7-9-14)12(2)16/h6-9H,3-5,10-11H2,1-2H3. The summed E-state index contributed by atoms with van der Waals surface area (Å²) < 4.78 is 5.11. The molecule has 0 aliphatic rings. The Labute approximate surface area is 118 Å². The highest BCUT2D eigenvalue weighted by molar-refractivity contribution is 8.00. The molecule has 0 amide bonds. The average molecular weight is 280 g/mol. The molecular formula is C15H20O3S. The monoisotopic (exact) mass is 280 g/mol. The van der Waals surface area contributed by atoms with E-state index in [0.29, 0.717) is 17.9 Å². The van der Waals surface area contributed by atoms with E-state index in [9.17, 15) is 9.59 Å². The van der Waals surface area contributed by atoms with Crippen molar-refractivity contribution in [3.63, 3.8) is 0 Å². The molecule has 0 atom stereocenters. The lowest BCUT2D eigenvalue weighted by Crippen LogP contribution is -2.08. The van der Waals surface area contributed by atoms with Gasteiger partial charge in [0.25, 0.3) is 0 Å². The molecule has 0 unspecified atom stereocenters. The van der Waals surface area contributed by atoms with Crippen molar-refractivity contribution in [2.75, 3.05) is 12.4 Å². The van der Waals surface area contributed by atoms with E-state index in [0.717, 1.165) is 24.2 Å². The summed E-state index contributed by atoms with van der Waals surface area (Å²) in [7, 11) is 0. The molecule has 1 aromatic carbocycles. The highest BCUT2D eigenvalue weighted by Crippen LogP contribution is 2.18. The summed E-state index contributed by atoms with van der Waals surface area (Å²) in [6.45, 7) is 4.16. The van der Waals surface area contributed by atoms with Gasteiger partial charge in [-0.05, 0) is 25.5 Å². The lowest BCUT2D eigenvalue weighted by Gasteiger charge is -2.04. The number of Topliss-reactive ketones (excluding diaryl/α,β-unsaturated/α-hetero) is 1. The number of esters is 1. The Balaban J connectivity index is 2.28. The van der Waals surface area contributed by atoms with Gasteiger partial charge in [-0.15, -0.1) is 11.8 Å². The zero-order chi connectivity index (χ0) is 14.1. The average Bonchev–Trinajstić information content (AvgIpc) is 2.42. The first kappa shape index (κ1) is 15.8. The third-order valence-corrected chi connectivity index (χ3v) is 3.61. The summed E-state index contributed by atoms with van der Waals surface area (Å²) in [6, 6.07) is 7.26. The van der Waals surface area contributed by atoms with Gasteiger partial charge in [0.05, 0.1) is 12.4 Å². The Morgan fingerprint density at radius 1 is 1.16 bits per heavy atom. The second-order valence-corrected chi connectivity index (χ2v) is 5.35. The molecular weight excluding hydrogens is 260 g/mol. The fourth-order valence-corrected chi connectivity index (χ4v) is 2.20. The largest absolute Gasteiger partial charge is 0.465 e. The minimum Gasteiger partial charge on any atom is -0.465 e. The van der Waals surface area contributed by atoms with Crippen LogP contribution >= 0.6 is 11.8 Å². The number of thioether (sulfide) groups is 1. The number of hydrogen-bond donors (Lipinski definition) is 0. The summed E-state index contributed by atoms with van der Waals surface area (Å²) in [5.74, 6) is 0.176. The van der Waals surface area contributed by atoms with Gasteiger partial charge in [0.2, 0.25) is 0 Å². The maximum atomic E-state index is 11.5. The number of ketones is 1. The zero-order valence-corrected chi connectivity index (χ0v) is 12.3. The molecule has 0 aromatic heterocycles. The Bertz CT molecular complexity index is 412. The van der Waals surface area contributed by atoms with E-state index in [2.05, 4.69) is 6.92 Å². The van der Waals surface area contributed by atoms with Crippen LogP contribution in [0.1, 0.15) is 43.5 Å². The minimum absolute atomic E-state index is 0.0480. The van der Waals surface area contributed by atoms with Gasteiger partial charge in [-0.2, -0.15) is 0 Å². The SMILES string of the molecule is CCCCCOC(=O)CSc1ccc(C(C)=O)cc1. The maximum Gasteiger partial charge on any atom is 0.316 e. The van der Waals surface area contributed by atoms with Crippen molar-refractivity contribution in [1.82, 2.24) is 0 Å². The number of unbranched alkanes of at least 4 members (excludes halogenated alkanes) is 2. The molecule has 0 heterocycles. The number of hydrogen-bond acceptors (Lipinski definition) is 4. The van der Waals surface area contributed by atoms with Crippen LogP contribution in [0.15, 0.2) is 29.2 Å². The van der Waals surface area contributed by atoms with Crippen LogP contribution in [0.5, 0.6) is 0 Å². The van der Waals surface area contributed by atoms with Gasteiger partial charge in [0, 0.05) is 10.5 Å². The van der Waals surface area contributed by atoms with Crippen LogP contribution in [-0.4, -0.2) is 24.1 Å². The van der Waals surface area contributed by atoms with E-state index in [1.165, 1.54) is 18.7 Å². The first-order chi connectivity index (χ1) is 9.13. The van der Waals surface area contributed by atoms with Crippen molar-refractivity contribution in [2.45, 2.75) is 38.0 Å². The molecule has 19 heavy (non-hydrogen) atoms. The lowest BCUT2D eigenvalue weighted by atomic mass is 10.2. The Morgan fingerprint density at radius 3 is 2.42 bits per heavy atom. The second kappa shape index (κ2) is 8.75. The van der Waals surface area contributed by atoms with Crippen molar-refractivity contribution >= 4 is 23.5 Å². The van der Waals surface area contributed by atoms with E-state index in [4.69, 9.17) is 4.74 Å². The van der Waals surface area contributed by atoms with Crippen molar-refractivity contribution < 1.29 is 14.3 Å². The number of ether oxygens (including phenoxy) is 1. The van der Waals surface area contributed by atoms with E-state index in [1.807, 2.05) is 12.1 Å². The molecule has 0 aliphatic heterocycles. The molecule has 0 radical (unpaired) electrons. The molecule has 0 N–H and O–H groups in total. The lowest BCUT2D eigenvalue weighted by molar-refractivity contribution is -0.140. The highest BCUT2D eigenvalue weighted by Gasteiger charge is 2.05. The quantitative estimate of drug-likeness (QED) is 0.315. The van der Waals surface area contributed by atoms with E-state index in [-0.39, 0.29) is 11.8 Å². The molecule has 0 bridgehead atoms. The van der Waals surface area contributed by atoms with Gasteiger partial charge in [-0.25, -0.2) is 0 Å². The van der Waals surface area contributed by atoms with Gasteiger partial charge < -0.3 is 4.74 Å². The molecule has 1 rings (SSSR count). The van der Waals surface area contributed by atoms with Gasteiger partial charge in [0.1, 0.15) is 0 Å². The fourth-order valence-electron chi connectivity index (χ4n) is 1.51. The van der Waals surface area contributed by atoms with Crippen molar-refractivity contribution in [1.29, 1.82) is 0 Å². The molecule has 0 saturated carbocycles. The summed E-state index contributed by atoms with van der Waals surface area (Å²) in [5, 5.41) is 0. The van der Waals surface area contributed by atoms with Crippen LogP contribution in [0.2, 0.25) is 0 Å². The number of carbonyl (C=O) groups excluding carboxylic acids is 2. The number of benzene rings is 1. The molecule has 3 nitrogen and oxygen atoms in total. The van der Waals surface area contributed by atoms with Crippen molar-refractivity contribution in [3.8, 4) is 0 Å². The summed E-state index contributed by atoms with van der Waals surface area (Å²) in [4.78, 5) is 23.5. The van der Waals surface area contributed by atoms with Crippen molar-refractivity contribution in [3.05, 3.63) is 29.8 Å². The van der Waals surface area contributed by atoms with Gasteiger partial charge in [0.15, 0.2) is 5.78 Å². The van der Waals surface area contributed by atoms with Crippen LogP contribution in [0.25, 0.3) is 0 Å². The van der Waals surface area contributed by atoms with Gasteiger partial charge in [-0.1, -0.05) is 31.9 Å². The number of rotatable bonds is 8. The maximum absolute atomic E-state index is 11.5. The predicted octanol–water partition coefficient (Wildman–Crippen LogP) is 3.71. The first-order valence-electron chi connectivity index (χ1n) is 6.53. The third-order valence-electron chi connectivity index (χ3n) is 2.63. The molecule has 104 valence electrons. The molecule has 1 aromatic rings. The van der Waals surface area contributed by atoms with Gasteiger partial charge in [-0.3, -0.25) is 9.59 Å². The summed E-state index contributed by atoms with van der Waals surface area (Å²) >= 11 is 1.43. The Kier molecular flexibility index (Phi) is 7.26. The number of carbonyl (C=O) groups is 2. The normalized spacial score (nSPS) is 10.2. The van der Waals surface area contributed by atoms with Crippen LogP contribution < -0.4 is 0 Å².